The first-order valence-electron chi connectivity index (χ1n) is 15.8. The molecule has 1 aliphatic carbocycles. The molecule has 3 aromatic carbocycles. The highest BCUT2D eigenvalue weighted by Gasteiger charge is 2.25. The molecule has 0 aromatic heterocycles. The zero-order valence-electron chi connectivity index (χ0n) is 27.1. The number of isocyanates is 1. The number of hydrogen-bond acceptors (Lipinski definition) is 6. The first-order valence-corrected chi connectivity index (χ1v) is 15.8. The van der Waals surface area contributed by atoms with E-state index in [1.54, 1.807) is 36.1 Å². The van der Waals surface area contributed by atoms with Crippen molar-refractivity contribution in [2.45, 2.75) is 71.7 Å². The van der Waals surface area contributed by atoms with Crippen molar-refractivity contribution in [2.75, 3.05) is 25.0 Å². The Labute approximate surface area is 274 Å². The molecule has 4 rings (SSSR count). The summed E-state index contributed by atoms with van der Waals surface area (Å²) in [5, 5.41) is 12.4. The molecule has 9 nitrogen and oxygen atoms in total. The van der Waals surface area contributed by atoms with Gasteiger partial charge in [0, 0.05) is 18.8 Å². The number of urea groups is 1. The maximum absolute atomic E-state index is 13.2. The molecule has 1 unspecified atom stereocenters. The summed E-state index contributed by atoms with van der Waals surface area (Å²) in [6.45, 7) is 7.71. The predicted molar refractivity (Wildman–Crippen MR) is 176 cm³/mol. The lowest BCUT2D eigenvalue weighted by molar-refractivity contribution is -0.0525. The number of amides is 2. The molecule has 0 bridgehead atoms. The fourth-order valence-electron chi connectivity index (χ4n) is 5.18. The molecule has 3 aromatic rings. The molecule has 0 heterocycles. The second-order valence-electron chi connectivity index (χ2n) is 11.6. The van der Waals surface area contributed by atoms with Gasteiger partial charge in [0.2, 0.25) is 6.08 Å². The maximum atomic E-state index is 13.2. The highest BCUT2D eigenvalue weighted by atomic mass is 19.1. The van der Waals surface area contributed by atoms with E-state index >= 15 is 0 Å². The Hall–Kier alpha value is -4.44. The van der Waals surface area contributed by atoms with E-state index in [1.165, 1.54) is 42.5 Å². The molecule has 47 heavy (non-hydrogen) atoms. The third-order valence-electron chi connectivity index (χ3n) is 7.95. The van der Waals surface area contributed by atoms with Gasteiger partial charge in [-0.2, -0.15) is 4.99 Å². The Morgan fingerprint density at radius 2 is 1.66 bits per heavy atom. The number of nitrogens with zero attached hydrogens (tertiary/aromatic N) is 2. The van der Waals surface area contributed by atoms with Gasteiger partial charge in [0.05, 0.1) is 36.7 Å². The second kappa shape index (κ2) is 19.3. The van der Waals surface area contributed by atoms with Crippen LogP contribution in [0.15, 0.2) is 71.7 Å². The monoisotopic (exact) mass is 651 g/mol. The van der Waals surface area contributed by atoms with Crippen molar-refractivity contribution in [1.29, 1.82) is 0 Å². The molecular weight excluding hydrogens is 608 g/mol. The van der Waals surface area contributed by atoms with Gasteiger partial charge in [-0.25, -0.2) is 23.2 Å². The quantitative estimate of drug-likeness (QED) is 0.143. The van der Waals surface area contributed by atoms with Crippen LogP contribution in [0.3, 0.4) is 0 Å². The second-order valence-corrected chi connectivity index (χ2v) is 11.6. The highest BCUT2D eigenvalue weighted by Crippen LogP contribution is 2.26. The van der Waals surface area contributed by atoms with Crippen LogP contribution in [-0.2, 0) is 20.9 Å². The van der Waals surface area contributed by atoms with Gasteiger partial charge >= 0.3 is 12.0 Å². The van der Waals surface area contributed by atoms with Gasteiger partial charge in [0.25, 0.3) is 0 Å². The van der Waals surface area contributed by atoms with Gasteiger partial charge in [-0.05, 0) is 98.2 Å². The molecule has 0 radical (unpaired) electrons. The summed E-state index contributed by atoms with van der Waals surface area (Å²) in [4.78, 5) is 39.3. The van der Waals surface area contributed by atoms with Gasteiger partial charge < -0.3 is 24.8 Å². The summed E-state index contributed by atoms with van der Waals surface area (Å²) in [5.74, 6) is -1.29. The minimum Gasteiger partial charge on any atom is -0.478 e. The number of nitrogens with one attached hydrogen (secondary N) is 1. The summed E-state index contributed by atoms with van der Waals surface area (Å²) in [5.41, 5.74) is 2.68. The molecule has 11 heteroatoms. The van der Waals surface area contributed by atoms with Crippen LogP contribution in [0.4, 0.5) is 25.0 Å². The first-order chi connectivity index (χ1) is 22.6. The normalized spacial score (nSPS) is 16.2. The van der Waals surface area contributed by atoms with Crippen LogP contribution >= 0.6 is 0 Å². The van der Waals surface area contributed by atoms with E-state index in [4.69, 9.17) is 9.47 Å². The SMILES string of the molecule is CCC(C)CN(CCO[C@@H]1CCC[C@H](OCc2cccc(C)c2C(=O)O)C1)C(=O)Nc1ccc(F)cc1.O=C=Nc1ccc(F)cc1. The smallest absolute Gasteiger partial charge is 0.336 e. The van der Waals surface area contributed by atoms with Crippen molar-refractivity contribution >= 4 is 29.5 Å². The minimum absolute atomic E-state index is 0.00102. The molecule has 3 atom stereocenters. The average Bonchev–Trinajstić information content (AvgIpc) is 3.05. The van der Waals surface area contributed by atoms with Crippen LogP contribution in [0.1, 0.15) is 67.4 Å². The van der Waals surface area contributed by atoms with Gasteiger partial charge in [-0.15, -0.1) is 0 Å². The first kappa shape index (κ1) is 37.0. The lowest BCUT2D eigenvalue weighted by Gasteiger charge is -2.31. The Morgan fingerprint density at radius 3 is 2.28 bits per heavy atom. The van der Waals surface area contributed by atoms with E-state index < -0.39 is 5.97 Å². The topological polar surface area (TPSA) is 118 Å². The van der Waals surface area contributed by atoms with Crippen molar-refractivity contribution in [3.05, 3.63) is 95.1 Å². The van der Waals surface area contributed by atoms with E-state index in [0.29, 0.717) is 48.1 Å². The number of carboxylic acid groups (broad SMARTS) is 1. The number of benzene rings is 3. The molecule has 2 N–H and O–H groups in total. The third-order valence-corrected chi connectivity index (χ3v) is 7.95. The summed E-state index contributed by atoms with van der Waals surface area (Å²) in [7, 11) is 0. The van der Waals surface area contributed by atoms with Crippen LogP contribution in [0.2, 0.25) is 0 Å². The minimum atomic E-state index is -0.938. The molecule has 1 fully saturated rings. The van der Waals surface area contributed by atoms with Crippen LogP contribution < -0.4 is 5.32 Å². The van der Waals surface area contributed by atoms with E-state index in [0.717, 1.165) is 37.7 Å². The summed E-state index contributed by atoms with van der Waals surface area (Å²) < 4.78 is 37.7. The van der Waals surface area contributed by atoms with Gasteiger partial charge in [-0.1, -0.05) is 38.5 Å². The Kier molecular flexibility index (Phi) is 15.2. The maximum Gasteiger partial charge on any atom is 0.336 e. The number of aromatic carboxylic acids is 1. The van der Waals surface area contributed by atoms with E-state index in [1.807, 2.05) is 6.07 Å². The Morgan fingerprint density at radius 1 is 1.02 bits per heavy atom. The van der Waals surface area contributed by atoms with Crippen molar-refractivity contribution in [3.8, 4) is 0 Å². The molecule has 0 saturated heterocycles. The molecule has 1 saturated carbocycles. The molecule has 0 aliphatic heterocycles. The Balaban J connectivity index is 0.000000511. The molecule has 2 amide bonds. The van der Waals surface area contributed by atoms with Crippen molar-refractivity contribution in [2.24, 2.45) is 10.9 Å². The zero-order chi connectivity index (χ0) is 34.2. The number of carbonyl (C=O) groups is 2. The third kappa shape index (κ3) is 12.7. The summed E-state index contributed by atoms with van der Waals surface area (Å²) in [6.07, 6.45) is 5.88. The lowest BCUT2D eigenvalue weighted by Crippen LogP contribution is -2.41. The van der Waals surface area contributed by atoms with Gasteiger partial charge in [0.15, 0.2) is 0 Å². The fraction of sp³-hybridized carbons (Fsp3) is 0.417. The highest BCUT2D eigenvalue weighted by molar-refractivity contribution is 5.91. The number of carboxylic acids is 1. The molecule has 1 aliphatic rings. The number of rotatable bonds is 13. The van der Waals surface area contributed by atoms with E-state index in [9.17, 15) is 28.3 Å². The van der Waals surface area contributed by atoms with Crippen LogP contribution in [0.5, 0.6) is 0 Å². The van der Waals surface area contributed by atoms with Gasteiger partial charge in [-0.3, -0.25) is 0 Å². The largest absolute Gasteiger partial charge is 0.478 e. The summed E-state index contributed by atoms with van der Waals surface area (Å²) >= 11 is 0. The average molecular weight is 652 g/mol. The number of carbonyl (C=O) groups excluding carboxylic acids is 2. The molecular formula is C36H43F2N3O6. The number of ether oxygens (including phenoxy) is 2. The van der Waals surface area contributed by atoms with E-state index in [-0.39, 0.29) is 36.5 Å². The van der Waals surface area contributed by atoms with Crippen LogP contribution in [0, 0.1) is 24.5 Å². The van der Waals surface area contributed by atoms with Crippen molar-refractivity contribution in [1.82, 2.24) is 4.90 Å². The van der Waals surface area contributed by atoms with Crippen molar-refractivity contribution in [3.63, 3.8) is 0 Å². The predicted octanol–water partition coefficient (Wildman–Crippen LogP) is 8.05. The number of anilines is 1. The fourth-order valence-corrected chi connectivity index (χ4v) is 5.18. The molecule has 0 spiro atoms. The number of hydrogen-bond donors (Lipinski definition) is 2. The Bertz CT molecular complexity index is 1480. The molecule has 252 valence electrons. The standard InChI is InChI=1S/C29H39FN2O5.C7H4FNO/c1-4-20(2)18-32(29(35)31-24-13-11-23(30)12-14-24)15-16-36-25-9-6-10-26(17-25)37-19-22-8-5-7-21(3)27(22)28(33)34;8-6-1-3-7(4-2-6)9-5-10/h5,7-8,11-14,20,25-26H,4,6,9-10,15-19H2,1-3H3,(H,31,35)(H,33,34);1-4H/t20?,25-,26+;/m1./s1. The van der Waals surface area contributed by atoms with Crippen molar-refractivity contribution < 1.29 is 37.7 Å². The number of halogens is 2. The van der Waals surface area contributed by atoms with E-state index in [2.05, 4.69) is 24.2 Å². The summed E-state index contributed by atoms with van der Waals surface area (Å²) in [6, 6.07) is 16.2. The number of aliphatic imine (C=N–C) groups is 1. The van der Waals surface area contributed by atoms with Crippen LogP contribution in [0.25, 0.3) is 0 Å². The zero-order valence-corrected chi connectivity index (χ0v) is 27.1. The lowest BCUT2D eigenvalue weighted by atomic mass is 9.94. The van der Waals surface area contributed by atoms with Gasteiger partial charge in [0.1, 0.15) is 11.6 Å². The number of aryl methyl sites for hydroxylation is 1. The van der Waals surface area contributed by atoms with Crippen LogP contribution in [-0.4, -0.2) is 60.0 Å².